The van der Waals surface area contributed by atoms with Crippen LogP contribution in [-0.2, 0) is 11.3 Å². The molecule has 3 amide bonds. The fourth-order valence-corrected chi connectivity index (χ4v) is 4.23. The molecule has 0 spiro atoms. The monoisotopic (exact) mass is 383 g/mol. The minimum Gasteiger partial charge on any atom is -0.317 e. The van der Waals surface area contributed by atoms with Crippen molar-refractivity contribution < 1.29 is 18.8 Å². The second-order valence-corrected chi connectivity index (χ2v) is 7.00. The second-order valence-electron chi connectivity index (χ2n) is 5.99. The van der Waals surface area contributed by atoms with Gasteiger partial charge in [0.1, 0.15) is 12.4 Å². The van der Waals surface area contributed by atoms with E-state index < -0.39 is 24.3 Å². The quantitative estimate of drug-likeness (QED) is 0.653. The number of rotatable bonds is 3. The molecule has 136 valence electrons. The van der Waals surface area contributed by atoms with E-state index in [0.29, 0.717) is 16.0 Å². The first-order valence-electron chi connectivity index (χ1n) is 8.31. The lowest BCUT2D eigenvalue weighted by Gasteiger charge is -2.10. The standard InChI is InChI=1S/C19H14FN3O3S/c1-2-22-14-8-7-11(20)9-15(14)27-19(22)21-16(24)10-23-17(25)12-5-3-4-6-13(12)18(23)26/h3-9H,2,10H2,1H3. The topological polar surface area (TPSA) is 71.7 Å². The molecule has 4 rings (SSSR count). The van der Waals surface area contributed by atoms with Crippen LogP contribution in [0.2, 0.25) is 0 Å². The molecule has 0 N–H and O–H groups in total. The van der Waals surface area contributed by atoms with Crippen LogP contribution < -0.4 is 4.80 Å². The van der Waals surface area contributed by atoms with E-state index in [0.717, 1.165) is 10.4 Å². The maximum Gasteiger partial charge on any atom is 0.268 e. The number of aryl methyl sites for hydroxylation is 1. The number of thiazole rings is 1. The third kappa shape index (κ3) is 2.87. The lowest BCUT2D eigenvalue weighted by atomic mass is 10.1. The highest BCUT2D eigenvalue weighted by molar-refractivity contribution is 7.16. The average Bonchev–Trinajstić information content (AvgIpc) is 3.11. The molecule has 1 aromatic heterocycles. The summed E-state index contributed by atoms with van der Waals surface area (Å²) < 4.78 is 15.9. The van der Waals surface area contributed by atoms with Crippen molar-refractivity contribution in [1.82, 2.24) is 9.47 Å². The summed E-state index contributed by atoms with van der Waals surface area (Å²) in [4.78, 5) is 42.5. The van der Waals surface area contributed by atoms with Gasteiger partial charge in [-0.05, 0) is 37.3 Å². The number of nitrogens with zero attached hydrogens (tertiary/aromatic N) is 3. The molecule has 6 nitrogen and oxygen atoms in total. The molecule has 1 aliphatic heterocycles. The summed E-state index contributed by atoms with van der Waals surface area (Å²) in [5, 5.41) is 0. The zero-order chi connectivity index (χ0) is 19.1. The molecule has 2 heterocycles. The van der Waals surface area contributed by atoms with Crippen LogP contribution in [0.1, 0.15) is 27.6 Å². The van der Waals surface area contributed by atoms with Gasteiger partial charge in [-0.2, -0.15) is 4.99 Å². The van der Waals surface area contributed by atoms with Crippen molar-refractivity contribution in [3.63, 3.8) is 0 Å². The Morgan fingerprint density at radius 1 is 1.11 bits per heavy atom. The number of hydrogen-bond acceptors (Lipinski definition) is 4. The Morgan fingerprint density at radius 3 is 2.41 bits per heavy atom. The summed E-state index contributed by atoms with van der Waals surface area (Å²) in [6, 6.07) is 10.8. The molecule has 0 saturated carbocycles. The summed E-state index contributed by atoms with van der Waals surface area (Å²) in [5.74, 6) is -1.98. The number of halogens is 1. The van der Waals surface area contributed by atoms with Crippen LogP contribution in [0.3, 0.4) is 0 Å². The van der Waals surface area contributed by atoms with Gasteiger partial charge in [-0.15, -0.1) is 0 Å². The largest absolute Gasteiger partial charge is 0.317 e. The number of aromatic nitrogens is 1. The smallest absolute Gasteiger partial charge is 0.268 e. The Morgan fingerprint density at radius 2 is 1.78 bits per heavy atom. The van der Waals surface area contributed by atoms with Crippen molar-refractivity contribution in [3.05, 3.63) is 64.2 Å². The molecule has 0 radical (unpaired) electrons. The minimum atomic E-state index is -0.612. The number of carbonyl (C=O) groups excluding carboxylic acids is 3. The Hall–Kier alpha value is -3.13. The van der Waals surface area contributed by atoms with E-state index in [1.54, 1.807) is 34.9 Å². The van der Waals surface area contributed by atoms with Crippen molar-refractivity contribution in [2.75, 3.05) is 6.54 Å². The van der Waals surface area contributed by atoms with Gasteiger partial charge in [-0.1, -0.05) is 23.5 Å². The Bertz CT molecular complexity index is 1140. The SMILES string of the molecule is CCn1c(=NC(=O)CN2C(=O)c3ccccc3C2=O)sc2cc(F)ccc21. The first-order valence-corrected chi connectivity index (χ1v) is 9.13. The van der Waals surface area contributed by atoms with E-state index in [4.69, 9.17) is 0 Å². The zero-order valence-electron chi connectivity index (χ0n) is 14.3. The number of imide groups is 1. The normalized spacial score (nSPS) is 14.3. The van der Waals surface area contributed by atoms with Crippen molar-refractivity contribution in [2.24, 2.45) is 4.99 Å². The molecule has 0 saturated heterocycles. The highest BCUT2D eigenvalue weighted by Crippen LogP contribution is 2.22. The minimum absolute atomic E-state index is 0.288. The Labute approximate surface area is 157 Å². The predicted molar refractivity (Wildman–Crippen MR) is 97.8 cm³/mol. The zero-order valence-corrected chi connectivity index (χ0v) is 15.1. The first kappa shape index (κ1) is 17.3. The van der Waals surface area contributed by atoms with Crippen molar-refractivity contribution >= 4 is 39.3 Å². The van der Waals surface area contributed by atoms with Gasteiger partial charge in [0.05, 0.1) is 21.3 Å². The van der Waals surface area contributed by atoms with Gasteiger partial charge in [0.2, 0.25) is 0 Å². The van der Waals surface area contributed by atoms with Gasteiger partial charge < -0.3 is 4.57 Å². The third-order valence-electron chi connectivity index (χ3n) is 4.35. The lowest BCUT2D eigenvalue weighted by molar-refractivity contribution is -0.118. The van der Waals surface area contributed by atoms with Crippen LogP contribution in [0.4, 0.5) is 4.39 Å². The third-order valence-corrected chi connectivity index (χ3v) is 5.39. The van der Waals surface area contributed by atoms with Gasteiger partial charge in [0.15, 0.2) is 4.80 Å². The fourth-order valence-electron chi connectivity index (χ4n) is 3.10. The maximum atomic E-state index is 13.4. The average molecular weight is 383 g/mol. The molecular weight excluding hydrogens is 369 g/mol. The van der Waals surface area contributed by atoms with E-state index in [-0.39, 0.29) is 16.9 Å². The second kappa shape index (κ2) is 6.55. The molecule has 0 aliphatic carbocycles. The number of fused-ring (bicyclic) bond motifs is 2. The molecule has 0 atom stereocenters. The molecule has 27 heavy (non-hydrogen) atoms. The number of hydrogen-bond donors (Lipinski definition) is 0. The van der Waals surface area contributed by atoms with Crippen molar-refractivity contribution in [1.29, 1.82) is 0 Å². The van der Waals surface area contributed by atoms with Gasteiger partial charge in [0.25, 0.3) is 17.7 Å². The number of amides is 3. The summed E-state index contributed by atoms with van der Waals surface area (Å²) in [5.41, 5.74) is 1.35. The molecule has 2 aromatic carbocycles. The molecule has 3 aromatic rings. The summed E-state index contributed by atoms with van der Waals surface area (Å²) in [6.45, 7) is 2.01. The number of carbonyl (C=O) groups is 3. The predicted octanol–water partition coefficient (Wildman–Crippen LogP) is 2.59. The van der Waals surface area contributed by atoms with Crippen molar-refractivity contribution in [2.45, 2.75) is 13.5 Å². The Kier molecular flexibility index (Phi) is 4.19. The molecule has 8 heteroatoms. The van der Waals surface area contributed by atoms with Gasteiger partial charge in [0, 0.05) is 6.54 Å². The van der Waals surface area contributed by atoms with E-state index in [1.807, 2.05) is 6.92 Å². The van der Waals surface area contributed by atoms with Crippen LogP contribution in [0.15, 0.2) is 47.5 Å². The molecule has 1 aliphatic rings. The van der Waals surface area contributed by atoms with E-state index in [9.17, 15) is 18.8 Å². The first-order chi connectivity index (χ1) is 13.0. The van der Waals surface area contributed by atoms with E-state index in [1.165, 1.54) is 23.5 Å². The lowest BCUT2D eigenvalue weighted by Crippen LogP contribution is -2.35. The summed E-state index contributed by atoms with van der Waals surface area (Å²) in [7, 11) is 0. The Balaban J connectivity index is 1.66. The molecule has 0 bridgehead atoms. The van der Waals surface area contributed by atoms with Crippen LogP contribution in [0.25, 0.3) is 10.2 Å². The van der Waals surface area contributed by atoms with Gasteiger partial charge in [-0.3, -0.25) is 19.3 Å². The summed E-state index contributed by atoms with van der Waals surface area (Å²) in [6.07, 6.45) is 0. The fraction of sp³-hybridized carbons (Fsp3) is 0.158. The molecular formula is C19H14FN3O3S. The van der Waals surface area contributed by atoms with Crippen molar-refractivity contribution in [3.8, 4) is 0 Å². The maximum absolute atomic E-state index is 13.4. The van der Waals surface area contributed by atoms with E-state index in [2.05, 4.69) is 4.99 Å². The highest BCUT2D eigenvalue weighted by atomic mass is 32.1. The highest BCUT2D eigenvalue weighted by Gasteiger charge is 2.36. The summed E-state index contributed by atoms with van der Waals surface area (Å²) >= 11 is 1.18. The van der Waals surface area contributed by atoms with E-state index >= 15 is 0 Å². The molecule has 0 unspecified atom stereocenters. The number of benzene rings is 2. The van der Waals surface area contributed by atoms with Gasteiger partial charge >= 0.3 is 0 Å². The van der Waals surface area contributed by atoms with Gasteiger partial charge in [-0.25, -0.2) is 4.39 Å². The van der Waals surface area contributed by atoms with Crippen LogP contribution in [-0.4, -0.2) is 33.7 Å². The van der Waals surface area contributed by atoms with Crippen LogP contribution in [0.5, 0.6) is 0 Å². The van der Waals surface area contributed by atoms with Crippen LogP contribution in [0, 0.1) is 5.82 Å². The van der Waals surface area contributed by atoms with Crippen LogP contribution >= 0.6 is 11.3 Å². The molecule has 0 fully saturated rings.